The first-order chi connectivity index (χ1) is 23.4. The van der Waals surface area contributed by atoms with E-state index in [1.165, 1.54) is 12.7 Å². The van der Waals surface area contributed by atoms with E-state index in [1.807, 2.05) is 85.1 Å². The summed E-state index contributed by atoms with van der Waals surface area (Å²) < 4.78 is 0. The number of fused-ring (bicyclic) bond motifs is 3. The summed E-state index contributed by atoms with van der Waals surface area (Å²) in [6, 6.07) is 25.5. The minimum atomic E-state index is 0.914. The van der Waals surface area contributed by atoms with Gasteiger partial charge in [0.1, 0.15) is 23.7 Å². The van der Waals surface area contributed by atoms with Crippen LogP contribution in [0.3, 0.4) is 0 Å². The van der Waals surface area contributed by atoms with Crippen LogP contribution in [0.2, 0.25) is 0 Å². The summed E-state index contributed by atoms with van der Waals surface area (Å²) in [6.07, 6.45) is 18.2. The van der Waals surface area contributed by atoms with Crippen molar-refractivity contribution in [2.24, 2.45) is 0 Å². The molecule has 0 aliphatic rings. The van der Waals surface area contributed by atoms with Crippen LogP contribution < -0.4 is 0 Å². The highest BCUT2D eigenvalue weighted by Crippen LogP contribution is 2.07. The van der Waals surface area contributed by atoms with Gasteiger partial charge in [-0.05, 0) is 36.4 Å². The molecule has 0 radical (unpaired) electrons. The van der Waals surface area contributed by atoms with Gasteiger partial charge in [0, 0.05) is 30.2 Å². The molecule has 0 aliphatic carbocycles. The maximum Gasteiger partial charge on any atom is 0.137 e. The molecule has 0 amide bonds. The predicted octanol–water partition coefficient (Wildman–Crippen LogP) is 4.51. The highest BCUT2D eigenvalue weighted by atomic mass is 15.3. The van der Waals surface area contributed by atoms with Crippen molar-refractivity contribution < 1.29 is 0 Å². The normalized spacial score (nSPS) is 9.28. The van der Waals surface area contributed by atoms with Gasteiger partial charge in [0.15, 0.2) is 0 Å². The van der Waals surface area contributed by atoms with E-state index in [9.17, 15) is 0 Å². The number of aromatic amines is 7. The van der Waals surface area contributed by atoms with E-state index in [1.54, 1.807) is 49.8 Å². The Morgan fingerprint density at radius 1 is 0.489 bits per heavy atom. The van der Waals surface area contributed by atoms with E-state index in [0.29, 0.717) is 0 Å². The maximum absolute atomic E-state index is 4.06. The first-order valence-electron chi connectivity index (χ1n) is 13.9. The third-order valence-electron chi connectivity index (χ3n) is 5.37. The molecule has 3 aromatic carbocycles. The molecule has 236 valence electrons. The molecule has 7 heterocycles. The van der Waals surface area contributed by atoms with Crippen molar-refractivity contribution in [1.82, 2.24) is 86.3 Å². The van der Waals surface area contributed by atoms with Gasteiger partial charge < -0.3 is 9.97 Å². The van der Waals surface area contributed by atoms with Crippen LogP contribution >= 0.6 is 0 Å². The molecule has 0 saturated heterocycles. The second-order valence-electron chi connectivity index (χ2n) is 8.52. The highest BCUT2D eigenvalue weighted by molar-refractivity contribution is 5.77. The molecule has 0 unspecified atom stereocenters. The van der Waals surface area contributed by atoms with Gasteiger partial charge in [0.05, 0.1) is 47.8 Å². The molecule has 10 rings (SSSR count). The van der Waals surface area contributed by atoms with Gasteiger partial charge in [0.25, 0.3) is 0 Å². The number of imidazole rings is 2. The molecular weight excluding hydrogens is 598 g/mol. The molecule has 0 atom stereocenters. The Morgan fingerprint density at radius 3 is 1.72 bits per heavy atom. The van der Waals surface area contributed by atoms with Crippen LogP contribution in [0.25, 0.3) is 33.0 Å². The van der Waals surface area contributed by atoms with Crippen LogP contribution in [0.5, 0.6) is 0 Å². The monoisotopic (exact) mass is 629 g/mol. The highest BCUT2D eigenvalue weighted by Gasteiger charge is 1.91. The third-order valence-corrected chi connectivity index (χ3v) is 5.37. The molecule has 7 aromatic heterocycles. The average molecular weight is 630 g/mol. The Hall–Kier alpha value is -7.30. The summed E-state index contributed by atoms with van der Waals surface area (Å²) in [6.45, 7) is 0. The van der Waals surface area contributed by atoms with Gasteiger partial charge in [-0.15, -0.1) is 0 Å². The van der Waals surface area contributed by atoms with Gasteiger partial charge in [-0.1, -0.05) is 42.5 Å². The van der Waals surface area contributed by atoms with E-state index in [4.69, 9.17) is 0 Å². The Kier molecular flexibility index (Phi) is 14.3. The van der Waals surface area contributed by atoms with Crippen molar-refractivity contribution in [3.05, 3.63) is 148 Å². The molecule has 0 spiro atoms. The van der Waals surface area contributed by atoms with Gasteiger partial charge in [-0.3, -0.25) is 15.3 Å². The number of hydrogen-bond donors (Lipinski definition) is 7. The summed E-state index contributed by atoms with van der Waals surface area (Å²) in [5.41, 5.74) is 5.04. The molecule has 17 nitrogen and oxygen atoms in total. The van der Waals surface area contributed by atoms with Crippen LogP contribution in [-0.4, -0.2) is 86.3 Å². The Balaban J connectivity index is 0.000000127. The van der Waals surface area contributed by atoms with Crippen LogP contribution in [0.15, 0.2) is 148 Å². The molecule has 17 heteroatoms. The number of H-pyrrole nitrogens is 7. The number of hydrogen-bond acceptors (Lipinski definition) is 10. The number of rotatable bonds is 0. The van der Waals surface area contributed by atoms with E-state index >= 15 is 0 Å². The number of aromatic nitrogens is 17. The van der Waals surface area contributed by atoms with Gasteiger partial charge in [0.2, 0.25) is 0 Å². The third kappa shape index (κ3) is 12.8. The number of nitrogens with zero attached hydrogens (tertiary/aromatic N) is 10. The molecule has 0 saturated carbocycles. The zero-order valence-corrected chi connectivity index (χ0v) is 24.8. The molecule has 0 aliphatic heterocycles. The zero-order chi connectivity index (χ0) is 32.5. The quantitative estimate of drug-likeness (QED) is 0.124. The van der Waals surface area contributed by atoms with Crippen LogP contribution in [0, 0.1) is 0 Å². The fourth-order valence-corrected chi connectivity index (χ4v) is 3.31. The second-order valence-corrected chi connectivity index (χ2v) is 8.52. The average Bonchev–Trinajstić information content (AvgIpc) is 4.02. The Morgan fingerprint density at radius 2 is 1.23 bits per heavy atom. The lowest BCUT2D eigenvalue weighted by Gasteiger charge is -1.81. The molecule has 0 bridgehead atoms. The molecule has 10 aromatic rings. The summed E-state index contributed by atoms with van der Waals surface area (Å²) in [5, 5.41) is 39.7. The van der Waals surface area contributed by atoms with Crippen molar-refractivity contribution in [3.8, 4) is 0 Å². The van der Waals surface area contributed by atoms with Crippen LogP contribution in [-0.2, 0) is 0 Å². The second kappa shape index (κ2) is 20.6. The predicted molar refractivity (Wildman–Crippen MR) is 176 cm³/mol. The van der Waals surface area contributed by atoms with Crippen molar-refractivity contribution in [1.29, 1.82) is 0 Å². The van der Waals surface area contributed by atoms with Gasteiger partial charge in [-0.25, -0.2) is 15.0 Å². The molecule has 7 N–H and O–H groups in total. The van der Waals surface area contributed by atoms with Crippen LogP contribution in [0.1, 0.15) is 0 Å². The summed E-state index contributed by atoms with van der Waals surface area (Å²) in [4.78, 5) is 17.0. The summed E-state index contributed by atoms with van der Waals surface area (Å²) >= 11 is 0. The zero-order valence-electron chi connectivity index (χ0n) is 24.8. The summed E-state index contributed by atoms with van der Waals surface area (Å²) in [7, 11) is 0. The topological polar surface area (TPSA) is 239 Å². The number of para-hydroxylation sites is 5. The maximum atomic E-state index is 4.06. The van der Waals surface area contributed by atoms with Crippen molar-refractivity contribution in [2.75, 3.05) is 0 Å². The Bertz CT molecular complexity index is 1640. The van der Waals surface area contributed by atoms with E-state index in [-0.39, 0.29) is 0 Å². The lowest BCUT2D eigenvalue weighted by molar-refractivity contribution is 0.940. The van der Waals surface area contributed by atoms with Crippen molar-refractivity contribution >= 4 is 33.0 Å². The fraction of sp³-hybridized carbons (Fsp3) is 0. The standard InChI is InChI=1S/2C7H6N2.C6H5N3.2C3H4N2.2C2H3N3/c1-2-4-7-6(3-1)8-5-9-7;1-2-4-7-6(3-1)5-8-9-7;1-2-4-6-5(3-1)7-9-8-6;1-2-5-3-4-1;1-2-4-5-3-1;1-3-2-5-4-1;1-2-4-5-3-1/h2*1-5H,(H,8,9);1-4H,(H,7,8,9);2*1-3H,(H,4,5);2*1-2H,(H,3,4,5). The number of benzene rings is 3. The lowest BCUT2D eigenvalue weighted by Crippen LogP contribution is -1.63. The molecule has 47 heavy (non-hydrogen) atoms. The van der Waals surface area contributed by atoms with Crippen LogP contribution in [0.4, 0.5) is 0 Å². The Labute approximate surface area is 266 Å². The molecular formula is C30H31N17. The van der Waals surface area contributed by atoms with E-state index < -0.39 is 0 Å². The minimum Gasteiger partial charge on any atom is -0.351 e. The SMILES string of the molecule is c1c[nH]cn1.c1ccc2[nH]cnc2c1.c1ccc2[nH]ncc2c1.c1ccc2n[nH]nc2c1.c1cn[nH]c1.c1cn[nH]n1.c1nc[nH]n1. The van der Waals surface area contributed by atoms with E-state index in [2.05, 4.69) is 86.3 Å². The minimum absolute atomic E-state index is 0.914. The van der Waals surface area contributed by atoms with E-state index in [0.717, 1.165) is 33.0 Å². The van der Waals surface area contributed by atoms with Crippen molar-refractivity contribution in [3.63, 3.8) is 0 Å². The van der Waals surface area contributed by atoms with Crippen molar-refractivity contribution in [2.45, 2.75) is 0 Å². The first kappa shape index (κ1) is 32.6. The number of nitrogens with one attached hydrogen (secondary N) is 7. The first-order valence-corrected chi connectivity index (χ1v) is 13.9. The molecule has 0 fully saturated rings. The fourth-order valence-electron chi connectivity index (χ4n) is 3.31. The summed E-state index contributed by atoms with van der Waals surface area (Å²) in [5.74, 6) is 0. The smallest absolute Gasteiger partial charge is 0.137 e. The lowest BCUT2D eigenvalue weighted by atomic mass is 10.3. The van der Waals surface area contributed by atoms with Gasteiger partial charge in [-0.2, -0.15) is 46.1 Å². The van der Waals surface area contributed by atoms with Gasteiger partial charge >= 0.3 is 0 Å². The largest absolute Gasteiger partial charge is 0.351 e.